The van der Waals surface area contributed by atoms with Crippen LogP contribution in [0.15, 0.2) is 18.2 Å². The van der Waals surface area contributed by atoms with Crippen LogP contribution in [0.1, 0.15) is 78.5 Å². The molecule has 144 valence electrons. The molecule has 1 saturated heterocycles. The number of aromatic carboxylic acids is 3. The van der Waals surface area contributed by atoms with E-state index in [-0.39, 0.29) is 5.56 Å². The summed E-state index contributed by atoms with van der Waals surface area (Å²) in [5, 5.41) is 29.5. The van der Waals surface area contributed by atoms with Crippen molar-refractivity contribution < 1.29 is 29.7 Å². The van der Waals surface area contributed by atoms with Crippen molar-refractivity contribution in [3.63, 3.8) is 0 Å². The van der Waals surface area contributed by atoms with Crippen LogP contribution in [0.2, 0.25) is 0 Å². The normalized spacial score (nSPS) is 18.3. The van der Waals surface area contributed by atoms with Gasteiger partial charge in [-0.25, -0.2) is 14.4 Å². The highest BCUT2D eigenvalue weighted by atomic mass is 16.4. The van der Waals surface area contributed by atoms with E-state index in [1.807, 2.05) is 0 Å². The van der Waals surface area contributed by atoms with Crippen LogP contribution in [0, 0.1) is 5.92 Å². The lowest BCUT2D eigenvalue weighted by Crippen LogP contribution is -2.57. The summed E-state index contributed by atoms with van der Waals surface area (Å²) in [4.78, 5) is 31.8. The van der Waals surface area contributed by atoms with Crippen molar-refractivity contribution in [1.29, 1.82) is 0 Å². The van der Waals surface area contributed by atoms with Gasteiger partial charge in [0.05, 0.1) is 16.7 Å². The van der Waals surface area contributed by atoms with Crippen molar-refractivity contribution >= 4 is 17.9 Å². The molecule has 26 heavy (non-hydrogen) atoms. The molecule has 1 fully saturated rings. The molecule has 0 aromatic heterocycles. The van der Waals surface area contributed by atoms with Gasteiger partial charge in [0.2, 0.25) is 0 Å². The summed E-state index contributed by atoms with van der Waals surface area (Å²) >= 11 is 0. The molecule has 0 radical (unpaired) electrons. The van der Waals surface area contributed by atoms with Crippen LogP contribution in [0.5, 0.6) is 0 Å². The fourth-order valence-corrected chi connectivity index (χ4v) is 3.87. The molecule has 0 aliphatic carbocycles. The van der Waals surface area contributed by atoms with Crippen LogP contribution in [0.4, 0.5) is 0 Å². The summed E-state index contributed by atoms with van der Waals surface area (Å²) in [6.07, 6.45) is 2.60. The smallest absolute Gasteiger partial charge is 0.336 e. The molecule has 0 saturated carbocycles. The van der Waals surface area contributed by atoms with E-state index in [0.29, 0.717) is 11.1 Å². The summed E-state index contributed by atoms with van der Waals surface area (Å²) in [5.74, 6) is -3.34. The third-order valence-electron chi connectivity index (χ3n) is 4.12. The lowest BCUT2D eigenvalue weighted by molar-refractivity contribution is 0.0649. The van der Waals surface area contributed by atoms with E-state index in [1.165, 1.54) is 12.8 Å². The number of carboxylic acid groups (broad SMARTS) is 3. The molecule has 1 aliphatic heterocycles. The number of hydrogen-bond donors (Lipinski definition) is 4. The van der Waals surface area contributed by atoms with Crippen LogP contribution >= 0.6 is 0 Å². The summed E-state index contributed by atoms with van der Waals surface area (Å²) in [6, 6.07) is 2.81. The van der Waals surface area contributed by atoms with Gasteiger partial charge in [-0.05, 0) is 64.7 Å². The second kappa shape index (κ2) is 7.86. The molecule has 1 aromatic rings. The number of carbonyl (C=O) groups is 3. The number of rotatable bonds is 3. The van der Waals surface area contributed by atoms with Gasteiger partial charge < -0.3 is 20.6 Å². The molecular weight excluding hydrogens is 338 g/mol. The number of nitrogens with one attached hydrogen (secondary N) is 1. The first-order chi connectivity index (χ1) is 11.7. The minimum atomic E-state index is -1.48. The quantitative estimate of drug-likeness (QED) is 0.647. The van der Waals surface area contributed by atoms with Gasteiger partial charge in [0.15, 0.2) is 0 Å². The lowest BCUT2D eigenvalue weighted by Gasteiger charge is -2.45. The van der Waals surface area contributed by atoms with Gasteiger partial charge in [-0.2, -0.15) is 0 Å². The molecule has 1 aromatic carbocycles. The molecule has 1 aliphatic rings. The molecule has 1 heterocycles. The standard InChI is InChI=1S/C10H21N.C9H6O6/c1-8-6-9(2,3)11-10(4,5)7-8;10-7(11)4-1-2-5(8(12)13)6(3-4)9(14)15/h8,11H,6-7H2,1-5H3;1-3H,(H,10,11)(H,12,13)(H,14,15). The topological polar surface area (TPSA) is 124 Å². The minimum Gasteiger partial charge on any atom is -0.478 e. The van der Waals surface area contributed by atoms with E-state index < -0.39 is 29.0 Å². The van der Waals surface area contributed by atoms with Crippen LogP contribution in [-0.2, 0) is 0 Å². The second-order valence-electron chi connectivity index (χ2n) is 8.08. The minimum absolute atomic E-state index is 0.266. The van der Waals surface area contributed by atoms with Gasteiger partial charge in [0, 0.05) is 11.1 Å². The molecule has 7 heteroatoms. The number of hydrogen-bond acceptors (Lipinski definition) is 4. The molecule has 0 amide bonds. The third-order valence-corrected chi connectivity index (χ3v) is 4.12. The van der Waals surface area contributed by atoms with Crippen molar-refractivity contribution in [2.24, 2.45) is 5.92 Å². The lowest BCUT2D eigenvalue weighted by atomic mass is 9.77. The molecule has 0 unspecified atom stereocenters. The van der Waals surface area contributed by atoms with Crippen molar-refractivity contribution in [3.05, 3.63) is 34.9 Å². The third kappa shape index (κ3) is 6.15. The first-order valence-electron chi connectivity index (χ1n) is 8.37. The van der Waals surface area contributed by atoms with Gasteiger partial charge >= 0.3 is 17.9 Å². The predicted molar refractivity (Wildman–Crippen MR) is 97.0 cm³/mol. The van der Waals surface area contributed by atoms with Crippen LogP contribution in [0.3, 0.4) is 0 Å². The average Bonchev–Trinajstić information content (AvgIpc) is 2.42. The van der Waals surface area contributed by atoms with Gasteiger partial charge in [-0.3, -0.25) is 0 Å². The highest BCUT2D eigenvalue weighted by Crippen LogP contribution is 2.31. The summed E-state index contributed by atoms with van der Waals surface area (Å²) in [5.41, 5.74) is -0.574. The second-order valence-corrected chi connectivity index (χ2v) is 8.08. The fraction of sp³-hybridized carbons (Fsp3) is 0.526. The predicted octanol–water partition coefficient (Wildman–Crippen LogP) is 3.34. The maximum atomic E-state index is 10.6. The Morgan fingerprint density at radius 1 is 0.885 bits per heavy atom. The summed E-state index contributed by atoms with van der Waals surface area (Å²) < 4.78 is 0. The van der Waals surface area contributed by atoms with Crippen molar-refractivity contribution in [3.8, 4) is 0 Å². The van der Waals surface area contributed by atoms with E-state index in [1.54, 1.807) is 0 Å². The highest BCUT2D eigenvalue weighted by Gasteiger charge is 2.35. The monoisotopic (exact) mass is 365 g/mol. The maximum absolute atomic E-state index is 10.6. The SMILES string of the molecule is CC1CC(C)(C)NC(C)(C)C1.O=C(O)c1ccc(C(=O)O)c(C(=O)O)c1. The zero-order chi connectivity index (χ0) is 20.3. The Morgan fingerprint density at radius 2 is 1.35 bits per heavy atom. The van der Waals surface area contributed by atoms with E-state index in [0.717, 1.165) is 24.1 Å². The molecule has 0 atom stereocenters. The number of benzene rings is 1. The zero-order valence-corrected chi connectivity index (χ0v) is 15.8. The Labute approximate surface area is 153 Å². The van der Waals surface area contributed by atoms with Crippen molar-refractivity contribution in [2.75, 3.05) is 0 Å². The summed E-state index contributed by atoms with van der Waals surface area (Å²) in [7, 11) is 0. The van der Waals surface area contributed by atoms with Crippen LogP contribution in [0.25, 0.3) is 0 Å². The van der Waals surface area contributed by atoms with E-state index in [9.17, 15) is 14.4 Å². The van der Waals surface area contributed by atoms with Crippen molar-refractivity contribution in [2.45, 2.75) is 58.5 Å². The highest BCUT2D eigenvalue weighted by molar-refractivity contribution is 6.03. The molecule has 4 N–H and O–H groups in total. The Hall–Kier alpha value is -2.41. The summed E-state index contributed by atoms with van der Waals surface area (Å²) in [6.45, 7) is 11.5. The zero-order valence-electron chi connectivity index (χ0n) is 15.8. The number of carboxylic acids is 3. The molecular formula is C19H27NO6. The Balaban J connectivity index is 0.000000273. The fourth-order valence-electron chi connectivity index (χ4n) is 3.87. The Morgan fingerprint density at radius 3 is 1.69 bits per heavy atom. The molecule has 0 bridgehead atoms. The van der Waals surface area contributed by atoms with E-state index >= 15 is 0 Å². The largest absolute Gasteiger partial charge is 0.478 e. The maximum Gasteiger partial charge on any atom is 0.336 e. The van der Waals surface area contributed by atoms with E-state index in [4.69, 9.17) is 15.3 Å². The molecule has 0 spiro atoms. The van der Waals surface area contributed by atoms with Gasteiger partial charge in [-0.1, -0.05) is 6.92 Å². The molecule has 7 nitrogen and oxygen atoms in total. The van der Waals surface area contributed by atoms with Crippen molar-refractivity contribution in [1.82, 2.24) is 5.32 Å². The van der Waals surface area contributed by atoms with Gasteiger partial charge in [0.1, 0.15) is 0 Å². The Kier molecular flexibility index (Phi) is 6.54. The van der Waals surface area contributed by atoms with Gasteiger partial charge in [0.25, 0.3) is 0 Å². The first-order valence-corrected chi connectivity index (χ1v) is 8.37. The van der Waals surface area contributed by atoms with Gasteiger partial charge in [-0.15, -0.1) is 0 Å². The van der Waals surface area contributed by atoms with Crippen LogP contribution < -0.4 is 5.32 Å². The van der Waals surface area contributed by atoms with Crippen LogP contribution in [-0.4, -0.2) is 44.3 Å². The first kappa shape index (κ1) is 21.6. The average molecular weight is 365 g/mol. The number of piperidine rings is 1. The Bertz CT molecular complexity index is 692. The molecule has 2 rings (SSSR count). The van der Waals surface area contributed by atoms with E-state index in [2.05, 4.69) is 39.9 Å².